The first-order valence-electron chi connectivity index (χ1n) is 3.70. The molecule has 1 aliphatic rings. The van der Waals surface area contributed by atoms with Crippen LogP contribution in [-0.4, -0.2) is 22.3 Å². The highest BCUT2D eigenvalue weighted by atomic mass is 16.4. The predicted molar refractivity (Wildman–Crippen MR) is 40.1 cm³/mol. The summed E-state index contributed by atoms with van der Waals surface area (Å²) in [7, 11) is 0. The maximum atomic E-state index is 10.5. The number of aliphatic hydroxyl groups excluding tert-OH is 1. The number of hydrogen-bond donors (Lipinski definition) is 2. The molecular formula is C8H12O3. The van der Waals surface area contributed by atoms with Gasteiger partial charge >= 0.3 is 5.97 Å². The Kier molecular flexibility index (Phi) is 2.29. The molecule has 3 heteroatoms. The minimum absolute atomic E-state index is 0.00231. The van der Waals surface area contributed by atoms with E-state index in [0.717, 1.165) is 0 Å². The van der Waals surface area contributed by atoms with Crippen LogP contribution in [0.25, 0.3) is 0 Å². The Morgan fingerprint density at radius 1 is 1.64 bits per heavy atom. The summed E-state index contributed by atoms with van der Waals surface area (Å²) in [5.41, 5.74) is 0. The monoisotopic (exact) mass is 156 g/mol. The van der Waals surface area contributed by atoms with Crippen molar-refractivity contribution in [2.24, 2.45) is 11.8 Å². The first kappa shape index (κ1) is 8.27. The number of aliphatic carboxylic acids is 1. The minimum Gasteiger partial charge on any atom is -0.481 e. The van der Waals surface area contributed by atoms with Gasteiger partial charge in [-0.05, 0) is 12.3 Å². The molecule has 0 radical (unpaired) electrons. The zero-order valence-electron chi connectivity index (χ0n) is 6.40. The Labute approximate surface area is 65.3 Å². The van der Waals surface area contributed by atoms with Crippen molar-refractivity contribution < 1.29 is 15.0 Å². The van der Waals surface area contributed by atoms with Gasteiger partial charge < -0.3 is 10.2 Å². The average molecular weight is 156 g/mol. The average Bonchev–Trinajstić information content (AvgIpc) is 2.34. The number of carboxylic acid groups (broad SMARTS) is 1. The van der Waals surface area contributed by atoms with Crippen LogP contribution in [0.4, 0.5) is 0 Å². The second kappa shape index (κ2) is 3.05. The molecule has 0 aliphatic heterocycles. The van der Waals surface area contributed by atoms with Crippen molar-refractivity contribution in [2.75, 3.05) is 0 Å². The summed E-state index contributed by atoms with van der Waals surface area (Å²) >= 11 is 0. The molecule has 0 saturated heterocycles. The fourth-order valence-electron chi connectivity index (χ4n) is 1.26. The maximum absolute atomic E-state index is 10.5. The summed E-state index contributed by atoms with van der Waals surface area (Å²) in [5, 5.41) is 17.7. The smallest absolute Gasteiger partial charge is 0.306 e. The van der Waals surface area contributed by atoms with E-state index in [1.165, 1.54) is 0 Å². The Bertz CT molecular complexity index is 186. The lowest BCUT2D eigenvalue weighted by molar-refractivity contribution is -0.142. The third-order valence-electron chi connectivity index (χ3n) is 2.13. The van der Waals surface area contributed by atoms with Crippen molar-refractivity contribution in [2.45, 2.75) is 19.4 Å². The van der Waals surface area contributed by atoms with Crippen LogP contribution in [0.2, 0.25) is 0 Å². The van der Waals surface area contributed by atoms with Crippen molar-refractivity contribution in [1.29, 1.82) is 0 Å². The molecule has 0 heterocycles. The van der Waals surface area contributed by atoms with Gasteiger partial charge in [0.25, 0.3) is 0 Å². The summed E-state index contributed by atoms with van der Waals surface area (Å²) in [6.45, 7) is 1.66. The summed E-state index contributed by atoms with van der Waals surface area (Å²) in [6, 6.07) is 0. The Balaban J connectivity index is 2.51. The molecule has 0 bridgehead atoms. The highest BCUT2D eigenvalue weighted by molar-refractivity contribution is 5.70. The van der Waals surface area contributed by atoms with Gasteiger partial charge in [-0.1, -0.05) is 19.1 Å². The quantitative estimate of drug-likeness (QED) is 0.577. The SMILES string of the molecule is CC(C(=O)O)[C@H]1C=C[C@H](O)C1. The van der Waals surface area contributed by atoms with Gasteiger partial charge in [-0.25, -0.2) is 0 Å². The second-order valence-corrected chi connectivity index (χ2v) is 2.98. The van der Waals surface area contributed by atoms with Gasteiger partial charge in [-0.2, -0.15) is 0 Å². The molecule has 0 aromatic rings. The van der Waals surface area contributed by atoms with Gasteiger partial charge in [0.15, 0.2) is 0 Å². The van der Waals surface area contributed by atoms with Gasteiger partial charge in [-0.15, -0.1) is 0 Å². The molecule has 1 unspecified atom stereocenters. The van der Waals surface area contributed by atoms with E-state index in [1.54, 1.807) is 19.1 Å². The zero-order valence-corrected chi connectivity index (χ0v) is 6.40. The molecule has 11 heavy (non-hydrogen) atoms. The van der Waals surface area contributed by atoms with Crippen molar-refractivity contribution in [3.63, 3.8) is 0 Å². The lowest BCUT2D eigenvalue weighted by Gasteiger charge is -2.12. The summed E-state index contributed by atoms with van der Waals surface area (Å²) < 4.78 is 0. The topological polar surface area (TPSA) is 57.5 Å². The highest BCUT2D eigenvalue weighted by Gasteiger charge is 2.26. The number of allylic oxidation sites excluding steroid dienone is 1. The van der Waals surface area contributed by atoms with Crippen LogP contribution in [0.5, 0.6) is 0 Å². The van der Waals surface area contributed by atoms with Crippen molar-refractivity contribution in [3.8, 4) is 0 Å². The van der Waals surface area contributed by atoms with Crippen LogP contribution in [0.15, 0.2) is 12.2 Å². The van der Waals surface area contributed by atoms with Gasteiger partial charge in [0, 0.05) is 0 Å². The third-order valence-corrected chi connectivity index (χ3v) is 2.13. The standard InChI is InChI=1S/C8H12O3/c1-5(8(10)11)6-2-3-7(9)4-6/h2-3,5-7,9H,4H2,1H3,(H,10,11)/t5?,6-,7-/m0/s1. The molecule has 0 aromatic heterocycles. The molecule has 3 nitrogen and oxygen atoms in total. The zero-order chi connectivity index (χ0) is 8.43. The molecule has 1 rings (SSSR count). The predicted octanol–water partition coefficient (Wildman–Crippen LogP) is 0.644. The second-order valence-electron chi connectivity index (χ2n) is 2.98. The molecule has 0 saturated carbocycles. The minimum atomic E-state index is -0.797. The van der Waals surface area contributed by atoms with E-state index in [2.05, 4.69) is 0 Å². The third kappa shape index (κ3) is 1.80. The van der Waals surface area contributed by atoms with Crippen LogP contribution in [0.1, 0.15) is 13.3 Å². The van der Waals surface area contributed by atoms with Gasteiger partial charge in [-0.3, -0.25) is 4.79 Å². The molecule has 1 aliphatic carbocycles. The molecule has 0 aromatic carbocycles. The van der Waals surface area contributed by atoms with Crippen LogP contribution < -0.4 is 0 Å². The van der Waals surface area contributed by atoms with Gasteiger partial charge in [0.2, 0.25) is 0 Å². The molecule has 0 fully saturated rings. The van der Waals surface area contributed by atoms with Crippen molar-refractivity contribution in [3.05, 3.63) is 12.2 Å². The van der Waals surface area contributed by atoms with Crippen molar-refractivity contribution in [1.82, 2.24) is 0 Å². The van der Waals surface area contributed by atoms with Crippen LogP contribution in [-0.2, 0) is 4.79 Å². The highest BCUT2D eigenvalue weighted by Crippen LogP contribution is 2.25. The number of aliphatic hydroxyl groups is 1. The molecule has 0 amide bonds. The molecule has 2 N–H and O–H groups in total. The fourth-order valence-corrected chi connectivity index (χ4v) is 1.26. The fraction of sp³-hybridized carbons (Fsp3) is 0.625. The number of rotatable bonds is 2. The van der Waals surface area contributed by atoms with E-state index < -0.39 is 12.1 Å². The maximum Gasteiger partial charge on any atom is 0.306 e. The lowest BCUT2D eigenvalue weighted by atomic mass is 9.93. The Morgan fingerprint density at radius 3 is 2.64 bits per heavy atom. The largest absolute Gasteiger partial charge is 0.481 e. The summed E-state index contributed by atoms with van der Waals surface area (Å²) in [6.07, 6.45) is 3.54. The summed E-state index contributed by atoms with van der Waals surface area (Å²) in [5.74, 6) is -1.18. The van der Waals surface area contributed by atoms with E-state index in [9.17, 15) is 4.79 Å². The molecule has 62 valence electrons. The van der Waals surface area contributed by atoms with E-state index in [1.807, 2.05) is 0 Å². The number of carboxylic acids is 1. The first-order chi connectivity index (χ1) is 5.11. The van der Waals surface area contributed by atoms with E-state index >= 15 is 0 Å². The number of carbonyl (C=O) groups is 1. The molecular weight excluding hydrogens is 144 g/mol. The van der Waals surface area contributed by atoms with Crippen LogP contribution in [0.3, 0.4) is 0 Å². The molecule has 0 spiro atoms. The summed E-state index contributed by atoms with van der Waals surface area (Å²) in [4.78, 5) is 10.5. The first-order valence-corrected chi connectivity index (χ1v) is 3.70. The van der Waals surface area contributed by atoms with Crippen molar-refractivity contribution >= 4 is 5.97 Å². The lowest BCUT2D eigenvalue weighted by Crippen LogP contribution is -2.19. The van der Waals surface area contributed by atoms with E-state index in [0.29, 0.717) is 6.42 Å². The van der Waals surface area contributed by atoms with E-state index in [-0.39, 0.29) is 11.8 Å². The Hall–Kier alpha value is -0.830. The molecule has 3 atom stereocenters. The normalized spacial score (nSPS) is 32.2. The van der Waals surface area contributed by atoms with Crippen LogP contribution >= 0.6 is 0 Å². The van der Waals surface area contributed by atoms with Gasteiger partial charge in [0.05, 0.1) is 12.0 Å². The van der Waals surface area contributed by atoms with Gasteiger partial charge in [0.1, 0.15) is 0 Å². The van der Waals surface area contributed by atoms with E-state index in [4.69, 9.17) is 10.2 Å². The van der Waals surface area contributed by atoms with Crippen LogP contribution in [0, 0.1) is 11.8 Å². The Morgan fingerprint density at radius 2 is 2.27 bits per heavy atom. The number of hydrogen-bond acceptors (Lipinski definition) is 2.